The molecule has 0 aliphatic carbocycles. The Morgan fingerprint density at radius 1 is 1.10 bits per heavy atom. The molecule has 1 rings (SSSR count). The van der Waals surface area contributed by atoms with Crippen molar-refractivity contribution in [3.05, 3.63) is 35.9 Å². The first-order chi connectivity index (χ1) is 13.6. The van der Waals surface area contributed by atoms with E-state index in [2.05, 4.69) is 19.2 Å². The molecule has 0 fully saturated rings. The number of rotatable bonds is 10. The van der Waals surface area contributed by atoms with Gasteiger partial charge < -0.3 is 14.8 Å². The number of ether oxygens (including phenoxy) is 2. The highest BCUT2D eigenvalue weighted by Crippen LogP contribution is 2.38. The fourth-order valence-corrected chi connectivity index (χ4v) is 5.77. The Morgan fingerprint density at radius 3 is 2.28 bits per heavy atom. The Labute approximate surface area is 179 Å². The van der Waals surface area contributed by atoms with Crippen LogP contribution in [0.15, 0.2) is 30.3 Å². The third-order valence-electron chi connectivity index (χ3n) is 3.87. The van der Waals surface area contributed by atoms with Gasteiger partial charge in [0.25, 0.3) is 0 Å². The third-order valence-corrected chi connectivity index (χ3v) is 8.13. The van der Waals surface area contributed by atoms with Crippen molar-refractivity contribution < 1.29 is 23.9 Å². The minimum atomic E-state index is -1.08. The first-order valence-electron chi connectivity index (χ1n) is 9.72. The second-order valence-corrected chi connectivity index (χ2v) is 11.8. The monoisotopic (exact) mass is 441 g/mol. The SMILES string of the molecule is CCP(CC)CSC(=O)C[C@H](NC(=O)OC(C)(C)C)C(=O)OCc1ccccc1. The highest BCUT2D eigenvalue weighted by molar-refractivity contribution is 8.17. The Kier molecular flexibility index (Phi) is 11.3. The summed E-state index contributed by atoms with van der Waals surface area (Å²) >= 11 is 1.22. The summed E-state index contributed by atoms with van der Waals surface area (Å²) in [6.45, 7) is 9.50. The first-order valence-corrected chi connectivity index (χ1v) is 12.6. The standard InChI is InChI=1S/C21H32NO5PS/c1-6-28(7-2)15-29-18(23)13-17(22-20(25)27-21(3,4)5)19(24)26-14-16-11-9-8-10-12-16/h8-12,17H,6-7,13-15H2,1-5H3,(H,22,25)/t17-/m0/s1. The van der Waals surface area contributed by atoms with Gasteiger partial charge in [-0.05, 0) is 38.7 Å². The number of esters is 1. The van der Waals surface area contributed by atoms with Gasteiger partial charge in [-0.25, -0.2) is 9.59 Å². The van der Waals surface area contributed by atoms with Gasteiger partial charge in [0, 0.05) is 11.9 Å². The van der Waals surface area contributed by atoms with E-state index in [1.165, 1.54) is 11.8 Å². The number of benzene rings is 1. The van der Waals surface area contributed by atoms with Crippen molar-refractivity contribution in [2.45, 2.75) is 59.3 Å². The van der Waals surface area contributed by atoms with Crippen molar-refractivity contribution >= 4 is 36.9 Å². The summed E-state index contributed by atoms with van der Waals surface area (Å²) in [6, 6.07) is 8.15. The van der Waals surface area contributed by atoms with Gasteiger partial charge in [0.05, 0.1) is 0 Å². The molecule has 0 bridgehead atoms. The van der Waals surface area contributed by atoms with Crippen molar-refractivity contribution in [2.24, 2.45) is 0 Å². The Bertz CT molecular complexity index is 659. The lowest BCUT2D eigenvalue weighted by Crippen LogP contribution is -2.45. The summed E-state index contributed by atoms with van der Waals surface area (Å²) in [6.07, 6.45) is 1.24. The highest BCUT2D eigenvalue weighted by atomic mass is 32.2. The maximum Gasteiger partial charge on any atom is 0.408 e. The van der Waals surface area contributed by atoms with Gasteiger partial charge in [-0.3, -0.25) is 4.79 Å². The van der Waals surface area contributed by atoms with Crippen LogP contribution in [0.2, 0.25) is 0 Å². The molecule has 1 aromatic carbocycles. The van der Waals surface area contributed by atoms with E-state index in [-0.39, 0.29) is 26.1 Å². The van der Waals surface area contributed by atoms with Gasteiger partial charge in [0.1, 0.15) is 18.2 Å². The molecule has 0 aliphatic heterocycles. The molecule has 1 atom stereocenters. The molecule has 0 saturated heterocycles. The zero-order valence-electron chi connectivity index (χ0n) is 17.9. The van der Waals surface area contributed by atoms with E-state index in [9.17, 15) is 14.4 Å². The van der Waals surface area contributed by atoms with Crippen LogP contribution in [0.1, 0.15) is 46.6 Å². The number of carbonyl (C=O) groups excluding carboxylic acids is 3. The molecule has 0 radical (unpaired) electrons. The van der Waals surface area contributed by atoms with Crippen LogP contribution in [0.25, 0.3) is 0 Å². The lowest BCUT2D eigenvalue weighted by Gasteiger charge is -2.23. The van der Waals surface area contributed by atoms with Crippen molar-refractivity contribution in [2.75, 3.05) is 17.8 Å². The number of amides is 1. The van der Waals surface area contributed by atoms with Crippen LogP contribution in [0.3, 0.4) is 0 Å². The van der Waals surface area contributed by atoms with Crippen molar-refractivity contribution in [3.63, 3.8) is 0 Å². The molecule has 29 heavy (non-hydrogen) atoms. The van der Waals surface area contributed by atoms with Crippen molar-refractivity contribution in [3.8, 4) is 0 Å². The maximum atomic E-state index is 12.6. The van der Waals surface area contributed by atoms with Crippen LogP contribution in [0, 0.1) is 0 Å². The zero-order valence-corrected chi connectivity index (χ0v) is 19.6. The molecule has 0 aromatic heterocycles. The largest absolute Gasteiger partial charge is 0.459 e. The summed E-state index contributed by atoms with van der Waals surface area (Å²) in [7, 11) is -0.187. The number of alkyl carbamates (subject to hydrolysis) is 1. The molecule has 1 N–H and O–H groups in total. The topological polar surface area (TPSA) is 81.7 Å². The molecular weight excluding hydrogens is 409 g/mol. The van der Waals surface area contributed by atoms with E-state index < -0.39 is 23.7 Å². The average molecular weight is 442 g/mol. The lowest BCUT2D eigenvalue weighted by atomic mass is 10.2. The van der Waals surface area contributed by atoms with E-state index in [4.69, 9.17) is 9.47 Å². The molecular formula is C21H32NO5PS. The minimum absolute atomic E-state index is 0.0739. The van der Waals surface area contributed by atoms with Crippen LogP contribution in [0.5, 0.6) is 0 Å². The molecule has 8 heteroatoms. The first kappa shape index (κ1) is 25.4. The quantitative estimate of drug-likeness (QED) is 0.417. The van der Waals surface area contributed by atoms with E-state index in [0.717, 1.165) is 23.4 Å². The van der Waals surface area contributed by atoms with E-state index >= 15 is 0 Å². The smallest absolute Gasteiger partial charge is 0.408 e. The predicted molar refractivity (Wildman–Crippen MR) is 119 cm³/mol. The van der Waals surface area contributed by atoms with Crippen molar-refractivity contribution in [1.29, 1.82) is 0 Å². The number of hydrogen-bond donors (Lipinski definition) is 1. The van der Waals surface area contributed by atoms with Gasteiger partial charge in [-0.2, -0.15) is 0 Å². The molecule has 162 valence electrons. The number of nitrogens with one attached hydrogen (secondary N) is 1. The van der Waals surface area contributed by atoms with E-state index in [1.54, 1.807) is 20.8 Å². The zero-order chi connectivity index (χ0) is 21.9. The Morgan fingerprint density at radius 2 is 1.72 bits per heavy atom. The summed E-state index contributed by atoms with van der Waals surface area (Å²) in [5.74, 6) is -0.651. The van der Waals surface area contributed by atoms with Gasteiger partial charge in [-0.1, -0.05) is 63.9 Å². The van der Waals surface area contributed by atoms with Crippen LogP contribution in [0.4, 0.5) is 4.79 Å². The molecule has 0 saturated carbocycles. The number of carbonyl (C=O) groups is 3. The Balaban J connectivity index is 2.72. The third kappa shape index (κ3) is 11.2. The Hall–Kier alpha value is -1.59. The summed E-state index contributed by atoms with van der Waals surface area (Å²) in [4.78, 5) is 37.1. The molecule has 0 aliphatic rings. The van der Waals surface area contributed by atoms with E-state index in [0.29, 0.717) is 0 Å². The number of hydrogen-bond acceptors (Lipinski definition) is 6. The van der Waals surface area contributed by atoms with Crippen LogP contribution < -0.4 is 5.32 Å². The summed E-state index contributed by atoms with van der Waals surface area (Å²) in [5, 5.41) is 2.35. The average Bonchev–Trinajstić information content (AvgIpc) is 2.65. The molecule has 0 spiro atoms. The van der Waals surface area contributed by atoms with Gasteiger partial charge in [0.15, 0.2) is 5.12 Å². The molecule has 1 aromatic rings. The fourth-order valence-electron chi connectivity index (χ4n) is 2.27. The molecule has 1 amide bonds. The second kappa shape index (κ2) is 12.9. The molecule has 0 heterocycles. The normalized spacial score (nSPS) is 12.3. The van der Waals surface area contributed by atoms with Crippen molar-refractivity contribution in [1.82, 2.24) is 5.32 Å². The maximum absolute atomic E-state index is 12.6. The van der Waals surface area contributed by atoms with E-state index in [1.807, 2.05) is 30.3 Å². The second-order valence-electron chi connectivity index (χ2n) is 7.44. The summed E-state index contributed by atoms with van der Waals surface area (Å²) < 4.78 is 10.5. The summed E-state index contributed by atoms with van der Waals surface area (Å²) in [5.41, 5.74) is 0.882. The lowest BCUT2D eigenvalue weighted by molar-refractivity contribution is -0.148. The van der Waals surface area contributed by atoms with Crippen LogP contribution >= 0.6 is 19.7 Å². The molecule has 0 unspecified atom stereocenters. The van der Waals surface area contributed by atoms with Gasteiger partial charge in [-0.15, -0.1) is 0 Å². The predicted octanol–water partition coefficient (Wildman–Crippen LogP) is 4.75. The van der Waals surface area contributed by atoms with Crippen LogP contribution in [-0.4, -0.2) is 46.6 Å². The fraction of sp³-hybridized carbons (Fsp3) is 0.571. The molecule has 6 nitrogen and oxygen atoms in total. The number of thioether (sulfide) groups is 1. The van der Waals surface area contributed by atoms with Gasteiger partial charge >= 0.3 is 12.1 Å². The van der Waals surface area contributed by atoms with Crippen LogP contribution in [-0.2, 0) is 25.7 Å². The minimum Gasteiger partial charge on any atom is -0.459 e. The van der Waals surface area contributed by atoms with Gasteiger partial charge in [0.2, 0.25) is 0 Å². The highest BCUT2D eigenvalue weighted by Gasteiger charge is 2.28.